The lowest BCUT2D eigenvalue weighted by molar-refractivity contribution is 0.422. The number of aromatic nitrogens is 1. The molecule has 0 atom stereocenters. The van der Waals surface area contributed by atoms with E-state index in [0.717, 1.165) is 5.56 Å². The van der Waals surface area contributed by atoms with Gasteiger partial charge in [0, 0.05) is 18.3 Å². The van der Waals surface area contributed by atoms with E-state index in [2.05, 4.69) is 4.98 Å². The van der Waals surface area contributed by atoms with E-state index < -0.39 is 5.82 Å². The van der Waals surface area contributed by atoms with E-state index in [0.29, 0.717) is 12.4 Å². The van der Waals surface area contributed by atoms with Crippen LogP contribution in [0.3, 0.4) is 0 Å². The van der Waals surface area contributed by atoms with Gasteiger partial charge in [-0.1, -0.05) is 18.2 Å². The second-order valence-electron chi connectivity index (χ2n) is 3.20. The second kappa shape index (κ2) is 4.72. The number of rotatable bonds is 3. The highest BCUT2D eigenvalue weighted by Crippen LogP contribution is 2.24. The van der Waals surface area contributed by atoms with Gasteiger partial charge in [-0.15, -0.1) is 0 Å². The molecule has 82 valence electrons. The first-order chi connectivity index (χ1) is 7.81. The molecule has 2 rings (SSSR count). The summed E-state index contributed by atoms with van der Waals surface area (Å²) in [5.41, 5.74) is 6.27. The first-order valence-electron chi connectivity index (χ1n) is 4.87. The molecule has 0 aliphatic heterocycles. The minimum atomic E-state index is -0.420. The van der Waals surface area contributed by atoms with Gasteiger partial charge in [-0.2, -0.15) is 0 Å². The van der Waals surface area contributed by atoms with Crippen molar-refractivity contribution in [3.8, 4) is 11.6 Å². The molecule has 0 radical (unpaired) electrons. The maximum atomic E-state index is 13.3. The van der Waals surface area contributed by atoms with E-state index in [9.17, 15) is 4.39 Å². The Labute approximate surface area is 92.7 Å². The van der Waals surface area contributed by atoms with Crippen molar-refractivity contribution in [1.29, 1.82) is 0 Å². The number of nitrogens with zero attached hydrogens (tertiary/aromatic N) is 1. The Kier molecular flexibility index (Phi) is 3.12. The molecule has 0 bridgehead atoms. The maximum absolute atomic E-state index is 13.3. The van der Waals surface area contributed by atoms with Gasteiger partial charge in [-0.3, -0.25) is 0 Å². The zero-order valence-electron chi connectivity index (χ0n) is 8.56. The molecule has 0 unspecified atom stereocenters. The topological polar surface area (TPSA) is 48.1 Å². The summed E-state index contributed by atoms with van der Waals surface area (Å²) in [5, 5.41) is 0. The molecule has 0 aliphatic rings. The lowest BCUT2D eigenvalue weighted by Gasteiger charge is -2.08. The van der Waals surface area contributed by atoms with Gasteiger partial charge >= 0.3 is 0 Å². The van der Waals surface area contributed by atoms with Crippen molar-refractivity contribution >= 4 is 0 Å². The van der Waals surface area contributed by atoms with Crippen LogP contribution < -0.4 is 10.5 Å². The van der Waals surface area contributed by atoms with Crippen molar-refractivity contribution in [2.24, 2.45) is 5.73 Å². The summed E-state index contributed by atoms with van der Waals surface area (Å²) in [7, 11) is 0. The predicted octanol–water partition coefficient (Wildman–Crippen LogP) is 2.47. The molecule has 4 heteroatoms. The monoisotopic (exact) mass is 218 g/mol. The van der Waals surface area contributed by atoms with Crippen LogP contribution in [0, 0.1) is 5.82 Å². The molecule has 1 aromatic carbocycles. The molecule has 2 N–H and O–H groups in total. The molecule has 0 spiro atoms. The van der Waals surface area contributed by atoms with Crippen molar-refractivity contribution < 1.29 is 9.13 Å². The predicted molar refractivity (Wildman–Crippen MR) is 58.6 cm³/mol. The molecular weight excluding hydrogens is 207 g/mol. The van der Waals surface area contributed by atoms with Crippen LogP contribution in [0.15, 0.2) is 42.6 Å². The number of ether oxygens (including phenoxy) is 1. The summed E-state index contributed by atoms with van der Waals surface area (Å²) in [5.74, 6) is 0.0714. The number of hydrogen-bond donors (Lipinski definition) is 1. The standard InChI is InChI=1S/C12H11FN2O/c13-10-5-1-2-6-11(10)16-12-9(8-14)4-3-7-15-12/h1-7H,8,14H2. The average Bonchev–Trinajstić information content (AvgIpc) is 2.33. The smallest absolute Gasteiger partial charge is 0.223 e. The largest absolute Gasteiger partial charge is 0.436 e. The van der Waals surface area contributed by atoms with Crippen LogP contribution in [-0.4, -0.2) is 4.98 Å². The lowest BCUT2D eigenvalue weighted by atomic mass is 10.3. The fourth-order valence-electron chi connectivity index (χ4n) is 1.30. The summed E-state index contributed by atoms with van der Waals surface area (Å²) in [6.07, 6.45) is 1.58. The third-order valence-electron chi connectivity index (χ3n) is 2.11. The van der Waals surface area contributed by atoms with E-state index in [-0.39, 0.29) is 5.75 Å². The highest BCUT2D eigenvalue weighted by atomic mass is 19.1. The zero-order valence-corrected chi connectivity index (χ0v) is 8.56. The van der Waals surface area contributed by atoms with Crippen LogP contribution in [0.5, 0.6) is 11.6 Å². The second-order valence-corrected chi connectivity index (χ2v) is 3.20. The molecule has 16 heavy (non-hydrogen) atoms. The van der Waals surface area contributed by atoms with E-state index in [1.165, 1.54) is 6.07 Å². The van der Waals surface area contributed by atoms with Crippen molar-refractivity contribution in [1.82, 2.24) is 4.98 Å². The van der Waals surface area contributed by atoms with Crippen LogP contribution in [0.25, 0.3) is 0 Å². The molecule has 0 saturated heterocycles. The molecule has 0 fully saturated rings. The first kappa shape index (κ1) is 10.6. The van der Waals surface area contributed by atoms with Crippen molar-refractivity contribution in [3.63, 3.8) is 0 Å². The summed E-state index contributed by atoms with van der Waals surface area (Å²) >= 11 is 0. The molecule has 1 aromatic heterocycles. The Balaban J connectivity index is 2.30. The van der Waals surface area contributed by atoms with Crippen molar-refractivity contribution in [2.45, 2.75) is 6.54 Å². The van der Waals surface area contributed by atoms with Gasteiger partial charge in [0.15, 0.2) is 11.6 Å². The first-order valence-corrected chi connectivity index (χ1v) is 4.87. The summed E-state index contributed by atoms with van der Waals surface area (Å²) in [4.78, 5) is 4.02. The average molecular weight is 218 g/mol. The van der Waals surface area contributed by atoms with Crippen LogP contribution in [0.1, 0.15) is 5.56 Å². The van der Waals surface area contributed by atoms with Crippen molar-refractivity contribution in [2.75, 3.05) is 0 Å². The van der Waals surface area contributed by atoms with Gasteiger partial charge in [0.2, 0.25) is 5.88 Å². The third-order valence-corrected chi connectivity index (χ3v) is 2.11. The highest BCUT2D eigenvalue weighted by molar-refractivity contribution is 5.32. The van der Waals surface area contributed by atoms with Crippen LogP contribution in [-0.2, 0) is 6.54 Å². The highest BCUT2D eigenvalue weighted by Gasteiger charge is 2.07. The SMILES string of the molecule is NCc1cccnc1Oc1ccccc1F. The molecule has 2 aromatic rings. The van der Waals surface area contributed by atoms with Crippen LogP contribution in [0.4, 0.5) is 4.39 Å². The number of pyridine rings is 1. The number of nitrogens with two attached hydrogens (primary N) is 1. The van der Waals surface area contributed by atoms with Crippen molar-refractivity contribution in [3.05, 3.63) is 54.0 Å². The molecule has 0 saturated carbocycles. The summed E-state index contributed by atoms with van der Waals surface area (Å²) in [6.45, 7) is 0.303. The quantitative estimate of drug-likeness (QED) is 0.860. The fourth-order valence-corrected chi connectivity index (χ4v) is 1.30. The number of para-hydroxylation sites is 1. The minimum absolute atomic E-state index is 0.149. The van der Waals surface area contributed by atoms with Crippen LogP contribution in [0.2, 0.25) is 0 Å². The number of halogens is 1. The van der Waals surface area contributed by atoms with E-state index >= 15 is 0 Å². The maximum Gasteiger partial charge on any atom is 0.223 e. The van der Waals surface area contributed by atoms with E-state index in [1.54, 1.807) is 36.5 Å². The van der Waals surface area contributed by atoms with Gasteiger partial charge in [0.05, 0.1) is 0 Å². The van der Waals surface area contributed by atoms with Gasteiger partial charge in [-0.25, -0.2) is 9.37 Å². The fraction of sp³-hybridized carbons (Fsp3) is 0.0833. The molecule has 0 amide bonds. The molecule has 0 aliphatic carbocycles. The number of hydrogen-bond acceptors (Lipinski definition) is 3. The Bertz CT molecular complexity index is 488. The Morgan fingerprint density at radius 3 is 2.75 bits per heavy atom. The van der Waals surface area contributed by atoms with Gasteiger partial charge in [0.25, 0.3) is 0 Å². The van der Waals surface area contributed by atoms with Crippen LogP contribution >= 0.6 is 0 Å². The Morgan fingerprint density at radius 1 is 1.19 bits per heavy atom. The zero-order chi connectivity index (χ0) is 11.4. The summed E-state index contributed by atoms with van der Waals surface area (Å²) in [6, 6.07) is 9.73. The molecule has 3 nitrogen and oxygen atoms in total. The Morgan fingerprint density at radius 2 is 2.00 bits per heavy atom. The molecule has 1 heterocycles. The number of benzene rings is 1. The van der Waals surface area contributed by atoms with E-state index in [1.807, 2.05) is 0 Å². The van der Waals surface area contributed by atoms with Gasteiger partial charge in [-0.05, 0) is 18.2 Å². The normalized spacial score (nSPS) is 10.1. The van der Waals surface area contributed by atoms with Gasteiger partial charge in [0.1, 0.15) is 0 Å². The van der Waals surface area contributed by atoms with E-state index in [4.69, 9.17) is 10.5 Å². The minimum Gasteiger partial charge on any atom is -0.436 e. The lowest BCUT2D eigenvalue weighted by Crippen LogP contribution is -2.01. The third kappa shape index (κ3) is 2.17. The molecular formula is C12H11FN2O. The van der Waals surface area contributed by atoms with Gasteiger partial charge < -0.3 is 10.5 Å². The Hall–Kier alpha value is -1.94. The summed E-state index contributed by atoms with van der Waals surface area (Å²) < 4.78 is 18.7.